The molecule has 0 radical (unpaired) electrons. The van der Waals surface area contributed by atoms with Crippen molar-refractivity contribution in [3.05, 3.63) is 0 Å². The lowest BCUT2D eigenvalue weighted by Gasteiger charge is -2.45. The SMILES string of the molecule is CCCC1(CCC)CC(=O)NC(=O)C1C1CCCC1. The van der Waals surface area contributed by atoms with Gasteiger partial charge in [-0.25, -0.2) is 0 Å². The number of imide groups is 1. The second kappa shape index (κ2) is 6.06. The Hall–Kier alpha value is -0.860. The summed E-state index contributed by atoms with van der Waals surface area (Å²) >= 11 is 0. The average molecular weight is 265 g/mol. The maximum atomic E-state index is 12.4. The largest absolute Gasteiger partial charge is 0.296 e. The van der Waals surface area contributed by atoms with Crippen LogP contribution in [0, 0.1) is 17.3 Å². The van der Waals surface area contributed by atoms with E-state index < -0.39 is 0 Å². The van der Waals surface area contributed by atoms with E-state index in [1.807, 2.05) is 0 Å². The minimum atomic E-state index is -0.0576. The fourth-order valence-corrected chi connectivity index (χ4v) is 4.58. The molecule has 0 spiro atoms. The van der Waals surface area contributed by atoms with Gasteiger partial charge in [-0.1, -0.05) is 39.5 Å². The second-order valence-corrected chi connectivity index (χ2v) is 6.47. The van der Waals surface area contributed by atoms with E-state index in [0.717, 1.165) is 25.7 Å². The molecule has 1 unspecified atom stereocenters. The van der Waals surface area contributed by atoms with Crippen LogP contribution in [-0.4, -0.2) is 11.8 Å². The van der Waals surface area contributed by atoms with Gasteiger partial charge in [-0.15, -0.1) is 0 Å². The number of carbonyl (C=O) groups is 2. The first-order chi connectivity index (χ1) is 9.13. The lowest BCUT2D eigenvalue weighted by molar-refractivity contribution is -0.147. The summed E-state index contributed by atoms with van der Waals surface area (Å²) in [4.78, 5) is 24.3. The normalized spacial score (nSPS) is 27.6. The molecular formula is C16H27NO2. The summed E-state index contributed by atoms with van der Waals surface area (Å²) in [5.41, 5.74) is -0.0576. The standard InChI is InChI=1S/C16H27NO2/c1-3-9-16(10-4-2)11-13(18)17-15(19)14(16)12-7-5-6-8-12/h12,14H,3-11H2,1-2H3,(H,17,18,19). The molecule has 0 bridgehead atoms. The Balaban J connectivity index is 2.30. The highest BCUT2D eigenvalue weighted by molar-refractivity contribution is 5.99. The summed E-state index contributed by atoms with van der Waals surface area (Å²) < 4.78 is 0. The first-order valence-corrected chi connectivity index (χ1v) is 7.96. The van der Waals surface area contributed by atoms with E-state index in [0.29, 0.717) is 12.3 Å². The number of carbonyl (C=O) groups excluding carboxylic acids is 2. The van der Waals surface area contributed by atoms with Crippen molar-refractivity contribution in [2.75, 3.05) is 0 Å². The molecule has 19 heavy (non-hydrogen) atoms. The van der Waals surface area contributed by atoms with Crippen LogP contribution in [0.4, 0.5) is 0 Å². The minimum absolute atomic E-state index is 0.0186. The van der Waals surface area contributed by atoms with Gasteiger partial charge in [0.15, 0.2) is 0 Å². The number of hydrogen-bond acceptors (Lipinski definition) is 2. The van der Waals surface area contributed by atoms with Crippen molar-refractivity contribution in [2.45, 2.75) is 71.6 Å². The predicted molar refractivity (Wildman–Crippen MR) is 75.5 cm³/mol. The summed E-state index contributed by atoms with van der Waals surface area (Å²) in [5, 5.41) is 2.60. The Kier molecular flexibility index (Phi) is 4.64. The fraction of sp³-hybridized carbons (Fsp3) is 0.875. The number of amides is 2. The van der Waals surface area contributed by atoms with E-state index in [-0.39, 0.29) is 23.1 Å². The molecule has 2 aliphatic rings. The third kappa shape index (κ3) is 2.85. The molecule has 1 N–H and O–H groups in total. The van der Waals surface area contributed by atoms with Crippen LogP contribution in [0.25, 0.3) is 0 Å². The molecular weight excluding hydrogens is 238 g/mol. The topological polar surface area (TPSA) is 46.2 Å². The maximum absolute atomic E-state index is 12.4. The van der Waals surface area contributed by atoms with E-state index in [4.69, 9.17) is 0 Å². The molecule has 2 amide bonds. The van der Waals surface area contributed by atoms with Crippen LogP contribution >= 0.6 is 0 Å². The van der Waals surface area contributed by atoms with E-state index >= 15 is 0 Å². The molecule has 108 valence electrons. The number of rotatable bonds is 5. The molecule has 1 saturated heterocycles. The lowest BCUT2D eigenvalue weighted by Crippen LogP contribution is -2.54. The quantitative estimate of drug-likeness (QED) is 0.774. The van der Waals surface area contributed by atoms with Gasteiger partial charge in [0, 0.05) is 12.3 Å². The van der Waals surface area contributed by atoms with Gasteiger partial charge in [-0.3, -0.25) is 14.9 Å². The van der Waals surface area contributed by atoms with Crippen molar-refractivity contribution in [2.24, 2.45) is 17.3 Å². The molecule has 1 saturated carbocycles. The highest BCUT2D eigenvalue weighted by Crippen LogP contribution is 2.50. The molecule has 3 heteroatoms. The smallest absolute Gasteiger partial charge is 0.230 e. The van der Waals surface area contributed by atoms with Crippen molar-refractivity contribution < 1.29 is 9.59 Å². The Bertz CT molecular complexity index is 339. The van der Waals surface area contributed by atoms with Gasteiger partial charge in [0.25, 0.3) is 0 Å². The predicted octanol–water partition coefficient (Wildman–Crippen LogP) is 3.43. The van der Waals surface area contributed by atoms with Gasteiger partial charge in [0.2, 0.25) is 11.8 Å². The van der Waals surface area contributed by atoms with Crippen LogP contribution in [0.1, 0.15) is 71.6 Å². The zero-order valence-corrected chi connectivity index (χ0v) is 12.3. The molecule has 0 aromatic carbocycles. The van der Waals surface area contributed by atoms with Crippen LogP contribution in [0.5, 0.6) is 0 Å². The molecule has 2 rings (SSSR count). The summed E-state index contributed by atoms with van der Waals surface area (Å²) in [7, 11) is 0. The van der Waals surface area contributed by atoms with Gasteiger partial charge in [0.05, 0.1) is 0 Å². The Labute approximate surface area is 116 Å². The Morgan fingerprint density at radius 3 is 2.21 bits per heavy atom. The van der Waals surface area contributed by atoms with Crippen molar-refractivity contribution in [3.8, 4) is 0 Å². The molecule has 0 aromatic rings. The first-order valence-electron chi connectivity index (χ1n) is 7.96. The van der Waals surface area contributed by atoms with Gasteiger partial charge in [0.1, 0.15) is 0 Å². The molecule has 0 aromatic heterocycles. The Morgan fingerprint density at radius 2 is 1.68 bits per heavy atom. The molecule has 3 nitrogen and oxygen atoms in total. The summed E-state index contributed by atoms with van der Waals surface area (Å²) in [6.45, 7) is 4.33. The third-order valence-corrected chi connectivity index (χ3v) is 5.08. The first kappa shape index (κ1) is 14.5. The second-order valence-electron chi connectivity index (χ2n) is 6.47. The van der Waals surface area contributed by atoms with Gasteiger partial charge in [-0.2, -0.15) is 0 Å². The lowest BCUT2D eigenvalue weighted by atomic mass is 9.60. The number of nitrogens with one attached hydrogen (secondary N) is 1. The van der Waals surface area contributed by atoms with Gasteiger partial charge < -0.3 is 0 Å². The van der Waals surface area contributed by atoms with Crippen LogP contribution in [0.3, 0.4) is 0 Å². The van der Waals surface area contributed by atoms with Gasteiger partial charge in [-0.05, 0) is 37.0 Å². The van der Waals surface area contributed by atoms with Crippen molar-refractivity contribution in [1.29, 1.82) is 0 Å². The fourth-order valence-electron chi connectivity index (χ4n) is 4.58. The summed E-state index contributed by atoms with van der Waals surface area (Å²) in [5.74, 6) is 0.546. The van der Waals surface area contributed by atoms with Crippen LogP contribution in [0.15, 0.2) is 0 Å². The molecule has 1 aliphatic carbocycles. The maximum Gasteiger partial charge on any atom is 0.230 e. The van der Waals surface area contributed by atoms with Gasteiger partial charge >= 0.3 is 0 Å². The zero-order valence-electron chi connectivity index (χ0n) is 12.3. The zero-order chi connectivity index (χ0) is 13.9. The highest BCUT2D eigenvalue weighted by Gasteiger charge is 2.50. The molecule has 1 atom stereocenters. The molecule has 1 heterocycles. The molecule has 1 aliphatic heterocycles. The monoisotopic (exact) mass is 265 g/mol. The van der Waals surface area contributed by atoms with E-state index in [9.17, 15) is 9.59 Å². The number of hydrogen-bond donors (Lipinski definition) is 1. The number of piperidine rings is 1. The van der Waals surface area contributed by atoms with Crippen LogP contribution in [0.2, 0.25) is 0 Å². The third-order valence-electron chi connectivity index (χ3n) is 5.08. The van der Waals surface area contributed by atoms with E-state index in [1.54, 1.807) is 0 Å². The average Bonchev–Trinajstić information content (AvgIpc) is 2.81. The Morgan fingerprint density at radius 1 is 1.11 bits per heavy atom. The van der Waals surface area contributed by atoms with Crippen LogP contribution < -0.4 is 5.32 Å². The van der Waals surface area contributed by atoms with Crippen molar-refractivity contribution in [3.63, 3.8) is 0 Å². The summed E-state index contributed by atoms with van der Waals surface area (Å²) in [6, 6.07) is 0. The highest BCUT2D eigenvalue weighted by atomic mass is 16.2. The van der Waals surface area contributed by atoms with Crippen molar-refractivity contribution >= 4 is 11.8 Å². The van der Waals surface area contributed by atoms with E-state index in [2.05, 4.69) is 19.2 Å². The molecule has 2 fully saturated rings. The van der Waals surface area contributed by atoms with Crippen LogP contribution in [-0.2, 0) is 9.59 Å². The van der Waals surface area contributed by atoms with Crippen molar-refractivity contribution in [1.82, 2.24) is 5.32 Å². The summed E-state index contributed by atoms with van der Waals surface area (Å²) in [6.07, 6.45) is 9.54. The minimum Gasteiger partial charge on any atom is -0.296 e. The van der Waals surface area contributed by atoms with E-state index in [1.165, 1.54) is 25.7 Å².